The molecule has 2 rings (SSSR count). The maximum atomic E-state index is 13.2. The highest BCUT2D eigenvalue weighted by Crippen LogP contribution is 2.26. The summed E-state index contributed by atoms with van der Waals surface area (Å²) in [7, 11) is 0. The number of carbonyl (C=O) groups excluding carboxylic acids is 6. The lowest BCUT2D eigenvalue weighted by Gasteiger charge is -2.26. The van der Waals surface area contributed by atoms with Gasteiger partial charge in [-0.25, -0.2) is 4.79 Å². The third kappa shape index (κ3) is 12.0. The molecule has 3 atom stereocenters. The third-order valence-corrected chi connectivity index (χ3v) is 7.47. The Bertz CT molecular complexity index is 1620. The molecule has 0 aliphatic rings. The first-order valence-corrected chi connectivity index (χ1v) is 15.6. The molecule has 50 heavy (non-hydrogen) atoms. The van der Waals surface area contributed by atoms with Gasteiger partial charge in [-0.1, -0.05) is 45.0 Å². The van der Waals surface area contributed by atoms with Gasteiger partial charge in [0.15, 0.2) is 18.1 Å². The lowest BCUT2D eigenvalue weighted by atomic mass is 10.0. The van der Waals surface area contributed by atoms with Crippen molar-refractivity contribution < 1.29 is 53.4 Å². The summed E-state index contributed by atoms with van der Waals surface area (Å²) in [4.78, 5) is 98.4. The number of amides is 4. The van der Waals surface area contributed by atoms with Crippen LogP contribution in [0.1, 0.15) is 60.7 Å². The van der Waals surface area contributed by atoms with Crippen molar-refractivity contribution in [2.75, 3.05) is 13.2 Å². The molecule has 17 nitrogen and oxygen atoms in total. The van der Waals surface area contributed by atoms with Gasteiger partial charge in [0.05, 0.1) is 29.9 Å². The zero-order chi connectivity index (χ0) is 37.7. The number of phenolic OH excluding ortho intramolecular Hbond substituents is 1. The molecule has 2 aromatic rings. The van der Waals surface area contributed by atoms with Gasteiger partial charge in [-0.3, -0.25) is 38.9 Å². The molecule has 0 aromatic heterocycles. The van der Waals surface area contributed by atoms with Crippen LogP contribution in [0.5, 0.6) is 5.75 Å². The molecule has 0 aliphatic heterocycles. The summed E-state index contributed by atoms with van der Waals surface area (Å²) in [5.74, 6) is -7.33. The van der Waals surface area contributed by atoms with E-state index in [2.05, 4.69) is 21.3 Å². The number of aryl methyl sites for hydroxylation is 2. The molecule has 4 amide bonds. The normalized spacial score (nSPS) is 12.5. The fourth-order valence-corrected chi connectivity index (χ4v) is 4.77. The van der Waals surface area contributed by atoms with Crippen molar-refractivity contribution in [2.24, 2.45) is 5.92 Å². The number of carboxylic acids is 1. The number of nitrogens with one attached hydrogen (secondary N) is 4. The number of nitro benzene ring substituents is 1. The van der Waals surface area contributed by atoms with Crippen LogP contribution in [0.4, 0.5) is 5.69 Å². The van der Waals surface area contributed by atoms with Gasteiger partial charge in [0.1, 0.15) is 18.1 Å². The minimum Gasteiger partial charge on any atom is -0.502 e. The Morgan fingerprint density at radius 3 is 2.10 bits per heavy atom. The number of hydrogen-bond donors (Lipinski definition) is 6. The summed E-state index contributed by atoms with van der Waals surface area (Å²) in [6, 6.07) is 4.49. The molecule has 0 saturated heterocycles. The minimum absolute atomic E-state index is 0.0704. The van der Waals surface area contributed by atoms with Crippen molar-refractivity contribution in [3.8, 4) is 5.75 Å². The number of rotatable bonds is 18. The van der Waals surface area contributed by atoms with Crippen LogP contribution in [0.2, 0.25) is 0 Å². The zero-order valence-electron chi connectivity index (χ0n) is 28.2. The number of aromatic hydroxyl groups is 1. The fraction of sp³-hybridized carbons (Fsp3) is 0.424. The van der Waals surface area contributed by atoms with Crippen LogP contribution in [0, 0.1) is 29.9 Å². The van der Waals surface area contributed by atoms with Crippen molar-refractivity contribution in [1.82, 2.24) is 21.3 Å². The van der Waals surface area contributed by atoms with Gasteiger partial charge in [-0.05, 0) is 48.9 Å². The standard InChI is InChI=1S/C33H41N5O12/c1-6-21(35-27(42)15-34-26(41)13-20-10-11-24(39)23(12-20)38(48)49)31(45)37-30(17(2)3)32(46)36-22(14-28(43)44)25(40)16-50-33(47)29-18(4)8-7-9-19(29)5/h7-12,17,21-22,30,39H,6,13-16H2,1-5H3,(H,34,41)(H,35,42)(H,36,46)(H,37,45)(H,43,44)/t21?,22-,30-/m0/s1. The number of esters is 1. The molecule has 0 aliphatic carbocycles. The number of benzene rings is 2. The number of Topliss-reactive ketones (excluding diaryl/α,β-unsaturated/α-hetero) is 1. The Morgan fingerprint density at radius 2 is 1.54 bits per heavy atom. The van der Waals surface area contributed by atoms with Gasteiger partial charge in [0, 0.05) is 6.07 Å². The van der Waals surface area contributed by atoms with E-state index in [1.807, 2.05) is 0 Å². The highest BCUT2D eigenvalue weighted by molar-refractivity contribution is 5.98. The van der Waals surface area contributed by atoms with Crippen LogP contribution in [0.15, 0.2) is 36.4 Å². The Kier molecular flexibility index (Phi) is 15.0. The van der Waals surface area contributed by atoms with E-state index in [-0.39, 0.29) is 24.0 Å². The maximum Gasteiger partial charge on any atom is 0.339 e. The Labute approximate surface area is 287 Å². The number of aliphatic carboxylic acids is 1. The van der Waals surface area contributed by atoms with E-state index < -0.39 is 101 Å². The first-order chi connectivity index (χ1) is 23.4. The van der Waals surface area contributed by atoms with Crippen molar-refractivity contribution in [1.29, 1.82) is 0 Å². The number of ketones is 1. The van der Waals surface area contributed by atoms with Crippen LogP contribution < -0.4 is 21.3 Å². The van der Waals surface area contributed by atoms with Crippen molar-refractivity contribution in [2.45, 2.75) is 72.0 Å². The average Bonchev–Trinajstić information content (AvgIpc) is 3.03. The molecule has 0 spiro atoms. The second-order valence-corrected chi connectivity index (χ2v) is 11.8. The molecule has 17 heteroatoms. The van der Waals surface area contributed by atoms with Crippen molar-refractivity contribution >= 4 is 47.0 Å². The second-order valence-electron chi connectivity index (χ2n) is 11.8. The largest absolute Gasteiger partial charge is 0.502 e. The van der Waals surface area contributed by atoms with Gasteiger partial charge in [-0.15, -0.1) is 0 Å². The molecule has 0 radical (unpaired) electrons. The van der Waals surface area contributed by atoms with Gasteiger partial charge >= 0.3 is 17.6 Å². The molecule has 0 saturated carbocycles. The second kappa shape index (κ2) is 18.6. The van der Waals surface area contributed by atoms with E-state index in [9.17, 15) is 53.9 Å². The Hall–Kier alpha value is -5.87. The van der Waals surface area contributed by atoms with Crippen molar-refractivity contribution in [3.05, 3.63) is 68.8 Å². The Balaban J connectivity index is 2.00. The van der Waals surface area contributed by atoms with Gasteiger partial charge in [0.2, 0.25) is 23.6 Å². The van der Waals surface area contributed by atoms with E-state index in [1.54, 1.807) is 52.8 Å². The first-order valence-electron chi connectivity index (χ1n) is 15.6. The molecule has 0 bridgehead atoms. The quantitative estimate of drug-likeness (QED) is 0.0723. The van der Waals surface area contributed by atoms with Crippen LogP contribution in [0.25, 0.3) is 0 Å². The van der Waals surface area contributed by atoms with Crippen LogP contribution >= 0.6 is 0 Å². The molecule has 0 fully saturated rings. The smallest absolute Gasteiger partial charge is 0.339 e. The fourth-order valence-electron chi connectivity index (χ4n) is 4.77. The van der Waals surface area contributed by atoms with Crippen LogP contribution in [0.3, 0.4) is 0 Å². The highest BCUT2D eigenvalue weighted by atomic mass is 16.6. The predicted octanol–water partition coefficient (Wildman–Crippen LogP) is 0.997. The summed E-state index contributed by atoms with van der Waals surface area (Å²) in [6.07, 6.45) is -1.09. The lowest BCUT2D eigenvalue weighted by Crippen LogP contribution is -2.58. The minimum atomic E-state index is -1.60. The molecule has 1 unspecified atom stereocenters. The van der Waals surface area contributed by atoms with E-state index in [1.165, 1.54) is 6.07 Å². The SMILES string of the molecule is CCC(NC(=O)CNC(=O)Cc1ccc(O)c([N+](=O)[O-])c1)C(=O)N[C@H](C(=O)N[C@@H](CC(=O)O)C(=O)COC(=O)c1c(C)cccc1C)C(C)C. The topological polar surface area (TPSA) is 260 Å². The first kappa shape index (κ1) is 40.3. The van der Waals surface area contributed by atoms with Gasteiger partial charge in [0.25, 0.3) is 0 Å². The molecule has 0 heterocycles. The Morgan fingerprint density at radius 1 is 0.900 bits per heavy atom. The van der Waals surface area contributed by atoms with E-state index in [4.69, 9.17) is 4.74 Å². The van der Waals surface area contributed by atoms with E-state index >= 15 is 0 Å². The summed E-state index contributed by atoms with van der Waals surface area (Å²) < 4.78 is 5.13. The predicted molar refractivity (Wildman–Crippen MR) is 176 cm³/mol. The summed E-state index contributed by atoms with van der Waals surface area (Å²) in [5.41, 5.74) is 1.10. The summed E-state index contributed by atoms with van der Waals surface area (Å²) in [5, 5.41) is 39.5. The number of hydrogen-bond acceptors (Lipinski definition) is 11. The van der Waals surface area contributed by atoms with Crippen LogP contribution in [-0.4, -0.2) is 87.8 Å². The van der Waals surface area contributed by atoms with Crippen molar-refractivity contribution in [3.63, 3.8) is 0 Å². The molecular weight excluding hydrogens is 658 g/mol. The highest BCUT2D eigenvalue weighted by Gasteiger charge is 2.32. The zero-order valence-corrected chi connectivity index (χ0v) is 28.2. The number of carboxylic acid groups (broad SMARTS) is 1. The molecule has 6 N–H and O–H groups in total. The molecule has 270 valence electrons. The number of ether oxygens (including phenoxy) is 1. The van der Waals surface area contributed by atoms with E-state index in [0.29, 0.717) is 11.1 Å². The lowest BCUT2D eigenvalue weighted by molar-refractivity contribution is -0.385. The maximum absolute atomic E-state index is 13.2. The average molecular weight is 700 g/mol. The number of phenols is 1. The number of nitrogens with zero attached hydrogens (tertiary/aromatic N) is 1. The van der Waals surface area contributed by atoms with Gasteiger partial charge in [-0.2, -0.15) is 0 Å². The number of nitro groups is 1. The van der Waals surface area contributed by atoms with E-state index in [0.717, 1.165) is 12.1 Å². The molecule has 2 aromatic carbocycles. The third-order valence-electron chi connectivity index (χ3n) is 7.47. The summed E-state index contributed by atoms with van der Waals surface area (Å²) in [6.45, 7) is 6.75. The van der Waals surface area contributed by atoms with Gasteiger partial charge < -0.3 is 36.2 Å². The van der Waals surface area contributed by atoms with Crippen LogP contribution in [-0.2, 0) is 39.9 Å². The monoisotopic (exact) mass is 699 g/mol. The molecular formula is C33H41N5O12. The number of carbonyl (C=O) groups is 7. The summed E-state index contributed by atoms with van der Waals surface area (Å²) >= 11 is 0.